The molecule has 0 unspecified atom stereocenters. The Morgan fingerprint density at radius 2 is 2.05 bits per heavy atom. The Balaban J connectivity index is 2.03. The van der Waals surface area contributed by atoms with E-state index < -0.39 is 0 Å². The van der Waals surface area contributed by atoms with Crippen molar-refractivity contribution < 1.29 is 4.79 Å². The van der Waals surface area contributed by atoms with Crippen molar-refractivity contribution in [2.45, 2.75) is 4.90 Å². The van der Waals surface area contributed by atoms with Crippen molar-refractivity contribution in [2.24, 2.45) is 0 Å². The largest absolute Gasteiger partial charge is 0.399 e. The Morgan fingerprint density at radius 1 is 1.25 bits per heavy atom. The highest BCUT2D eigenvalue weighted by Gasteiger charge is 2.25. The molecule has 1 amide bonds. The maximum Gasteiger partial charge on any atom is 0.259 e. The van der Waals surface area contributed by atoms with Gasteiger partial charge >= 0.3 is 0 Å². The van der Waals surface area contributed by atoms with E-state index in [1.807, 2.05) is 30.3 Å². The van der Waals surface area contributed by atoms with E-state index in [0.717, 1.165) is 16.3 Å². The average Bonchev–Trinajstić information content (AvgIpc) is 2.46. The minimum atomic E-state index is -0.0808. The summed E-state index contributed by atoms with van der Waals surface area (Å²) in [4.78, 5) is 15.5. The molecular weight excluding hydrogens is 292 g/mol. The molecule has 0 aromatic heterocycles. The molecule has 5 heteroatoms. The molecule has 0 aliphatic carbocycles. The summed E-state index contributed by atoms with van der Waals surface area (Å²) in [5.41, 5.74) is 7.88. The van der Waals surface area contributed by atoms with Gasteiger partial charge in [0.25, 0.3) is 5.91 Å². The van der Waals surface area contributed by atoms with Crippen LogP contribution in [0.15, 0.2) is 47.4 Å². The first-order valence-corrected chi connectivity index (χ1v) is 7.62. The van der Waals surface area contributed by atoms with E-state index in [2.05, 4.69) is 0 Å². The van der Waals surface area contributed by atoms with E-state index >= 15 is 0 Å². The Bertz CT molecular complexity index is 675. The van der Waals surface area contributed by atoms with Gasteiger partial charge < -0.3 is 10.6 Å². The van der Waals surface area contributed by atoms with Crippen molar-refractivity contribution in [3.63, 3.8) is 0 Å². The van der Waals surface area contributed by atoms with Crippen molar-refractivity contribution in [2.75, 3.05) is 22.9 Å². The van der Waals surface area contributed by atoms with Gasteiger partial charge in [-0.3, -0.25) is 4.79 Å². The van der Waals surface area contributed by atoms with Crippen LogP contribution in [-0.2, 0) is 0 Å². The molecule has 0 radical (unpaired) electrons. The van der Waals surface area contributed by atoms with Crippen molar-refractivity contribution in [1.29, 1.82) is 0 Å². The van der Waals surface area contributed by atoms with Gasteiger partial charge in [0.2, 0.25) is 0 Å². The van der Waals surface area contributed by atoms with E-state index in [-0.39, 0.29) is 5.91 Å². The van der Waals surface area contributed by atoms with Gasteiger partial charge in [0.05, 0.1) is 16.3 Å². The van der Waals surface area contributed by atoms with Gasteiger partial charge in [-0.25, -0.2) is 0 Å². The summed E-state index contributed by atoms with van der Waals surface area (Å²) < 4.78 is 0. The molecule has 0 fully saturated rings. The van der Waals surface area contributed by atoms with Gasteiger partial charge in [0.1, 0.15) is 0 Å². The molecule has 2 N–H and O–H groups in total. The van der Waals surface area contributed by atoms with Crippen molar-refractivity contribution in [3.8, 4) is 0 Å². The van der Waals surface area contributed by atoms with Crippen LogP contribution in [0, 0.1) is 0 Å². The molecule has 3 rings (SSSR count). The highest BCUT2D eigenvalue weighted by Crippen LogP contribution is 2.37. The minimum absolute atomic E-state index is 0.0808. The molecule has 1 heterocycles. The monoisotopic (exact) mass is 304 g/mol. The highest BCUT2D eigenvalue weighted by atomic mass is 35.5. The Morgan fingerprint density at radius 3 is 2.85 bits per heavy atom. The number of amides is 1. The first-order valence-electron chi connectivity index (χ1n) is 6.25. The second-order valence-electron chi connectivity index (χ2n) is 4.51. The van der Waals surface area contributed by atoms with Crippen molar-refractivity contribution in [3.05, 3.63) is 53.1 Å². The molecule has 2 aromatic rings. The van der Waals surface area contributed by atoms with Crippen LogP contribution in [0.5, 0.6) is 0 Å². The summed E-state index contributed by atoms with van der Waals surface area (Å²) in [6, 6.07) is 12.8. The number of thioether (sulfide) groups is 1. The summed E-state index contributed by atoms with van der Waals surface area (Å²) in [5.74, 6) is 0.787. The first-order chi connectivity index (χ1) is 9.66. The molecule has 0 bridgehead atoms. The van der Waals surface area contributed by atoms with Crippen LogP contribution in [0.3, 0.4) is 0 Å². The molecular formula is C15H13ClN2OS. The zero-order valence-corrected chi connectivity index (χ0v) is 12.2. The number of anilines is 2. The van der Waals surface area contributed by atoms with Crippen LogP contribution in [0.2, 0.25) is 5.02 Å². The average molecular weight is 305 g/mol. The Hall–Kier alpha value is -1.65. The summed E-state index contributed by atoms with van der Waals surface area (Å²) in [5, 5.41) is 0.473. The molecule has 1 aliphatic heterocycles. The molecule has 3 nitrogen and oxygen atoms in total. The van der Waals surface area contributed by atoms with E-state index in [4.69, 9.17) is 17.3 Å². The SMILES string of the molecule is Nc1ccc2c(c1)N(C(=O)c1ccccc1Cl)CCS2. The standard InChI is InChI=1S/C15H13ClN2OS/c16-12-4-2-1-3-11(12)15(19)18-7-8-20-14-6-5-10(17)9-13(14)18/h1-6,9H,7-8,17H2. The molecule has 0 atom stereocenters. The summed E-state index contributed by atoms with van der Waals surface area (Å²) >= 11 is 7.85. The van der Waals surface area contributed by atoms with Gasteiger partial charge in [-0.2, -0.15) is 0 Å². The van der Waals surface area contributed by atoms with Crippen molar-refractivity contribution >= 4 is 40.6 Å². The number of nitrogens with two attached hydrogens (primary N) is 1. The van der Waals surface area contributed by atoms with Crippen LogP contribution in [0.4, 0.5) is 11.4 Å². The van der Waals surface area contributed by atoms with Gasteiger partial charge in [-0.05, 0) is 30.3 Å². The fraction of sp³-hybridized carbons (Fsp3) is 0.133. The Kier molecular flexibility index (Phi) is 3.59. The number of rotatable bonds is 1. The van der Waals surface area contributed by atoms with Gasteiger partial charge in [0.15, 0.2) is 0 Å². The normalized spacial score (nSPS) is 13.9. The lowest BCUT2D eigenvalue weighted by Gasteiger charge is -2.29. The number of nitrogens with zero attached hydrogens (tertiary/aromatic N) is 1. The number of carbonyl (C=O) groups is 1. The van der Waals surface area contributed by atoms with Gasteiger partial charge in [0, 0.05) is 22.9 Å². The second-order valence-corrected chi connectivity index (χ2v) is 6.06. The summed E-state index contributed by atoms with van der Waals surface area (Å²) in [6.07, 6.45) is 0. The van der Waals surface area contributed by atoms with Crippen LogP contribution in [0.25, 0.3) is 0 Å². The first kappa shape index (κ1) is 13.3. The molecule has 0 spiro atoms. The smallest absolute Gasteiger partial charge is 0.259 e. The molecule has 2 aromatic carbocycles. The summed E-state index contributed by atoms with van der Waals surface area (Å²) in [6.45, 7) is 0.658. The van der Waals surface area contributed by atoms with E-state index in [1.54, 1.807) is 28.8 Å². The molecule has 0 saturated carbocycles. The van der Waals surface area contributed by atoms with E-state index in [1.165, 1.54) is 0 Å². The number of fused-ring (bicyclic) bond motifs is 1. The third kappa shape index (κ3) is 2.37. The number of hydrogen-bond acceptors (Lipinski definition) is 3. The van der Waals surface area contributed by atoms with E-state index in [0.29, 0.717) is 22.8 Å². The molecule has 1 aliphatic rings. The van der Waals surface area contributed by atoms with Crippen LogP contribution in [0.1, 0.15) is 10.4 Å². The quantitative estimate of drug-likeness (QED) is 0.818. The maximum atomic E-state index is 12.7. The molecule has 0 saturated heterocycles. The minimum Gasteiger partial charge on any atom is -0.399 e. The van der Waals surface area contributed by atoms with Crippen LogP contribution >= 0.6 is 23.4 Å². The van der Waals surface area contributed by atoms with Crippen LogP contribution < -0.4 is 10.6 Å². The Labute approximate surface area is 126 Å². The van der Waals surface area contributed by atoms with E-state index in [9.17, 15) is 4.79 Å². The fourth-order valence-corrected chi connectivity index (χ4v) is 3.42. The lowest BCUT2D eigenvalue weighted by atomic mass is 10.1. The van der Waals surface area contributed by atoms with Crippen LogP contribution in [-0.4, -0.2) is 18.2 Å². The summed E-state index contributed by atoms with van der Waals surface area (Å²) in [7, 11) is 0. The number of halogens is 1. The zero-order chi connectivity index (χ0) is 14.1. The van der Waals surface area contributed by atoms with Gasteiger partial charge in [-0.15, -0.1) is 11.8 Å². The number of carbonyl (C=O) groups excluding carboxylic acids is 1. The predicted molar refractivity (Wildman–Crippen MR) is 84.7 cm³/mol. The lowest BCUT2D eigenvalue weighted by Crippen LogP contribution is -2.35. The third-order valence-electron chi connectivity index (χ3n) is 3.20. The van der Waals surface area contributed by atoms with Gasteiger partial charge in [-0.1, -0.05) is 23.7 Å². The molecule has 102 valence electrons. The number of hydrogen-bond donors (Lipinski definition) is 1. The number of nitrogen functional groups attached to an aromatic ring is 1. The molecule has 20 heavy (non-hydrogen) atoms. The lowest BCUT2D eigenvalue weighted by molar-refractivity contribution is 0.0988. The third-order valence-corrected chi connectivity index (χ3v) is 4.57. The zero-order valence-electron chi connectivity index (χ0n) is 10.7. The second kappa shape index (κ2) is 5.38. The fourth-order valence-electron chi connectivity index (χ4n) is 2.23. The predicted octanol–water partition coefficient (Wildman–Crippen LogP) is 3.67. The topological polar surface area (TPSA) is 46.3 Å². The maximum absolute atomic E-state index is 12.7. The highest BCUT2D eigenvalue weighted by molar-refractivity contribution is 7.99. The number of benzene rings is 2. The van der Waals surface area contributed by atoms with Crippen molar-refractivity contribution in [1.82, 2.24) is 0 Å².